The Bertz CT molecular complexity index is 337. The van der Waals surface area contributed by atoms with E-state index < -0.39 is 0 Å². The zero-order chi connectivity index (χ0) is 11.5. The Morgan fingerprint density at radius 2 is 2.44 bits per heavy atom. The summed E-state index contributed by atoms with van der Waals surface area (Å²) in [4.78, 5) is 2.42. The van der Waals surface area contributed by atoms with Gasteiger partial charge in [0.15, 0.2) is 5.76 Å². The summed E-state index contributed by atoms with van der Waals surface area (Å²) < 4.78 is 5.26. The average Bonchev–Trinajstić information content (AvgIpc) is 2.64. The van der Waals surface area contributed by atoms with Gasteiger partial charge in [-0.3, -0.25) is 4.90 Å². The van der Waals surface area contributed by atoms with Crippen molar-refractivity contribution in [1.29, 1.82) is 0 Å². The summed E-state index contributed by atoms with van der Waals surface area (Å²) >= 11 is 0. The molecule has 1 aliphatic rings. The first-order valence-electron chi connectivity index (χ1n) is 6.07. The quantitative estimate of drug-likeness (QED) is 0.844. The van der Waals surface area contributed by atoms with Crippen molar-refractivity contribution in [3.05, 3.63) is 17.5 Å². The molecule has 0 bridgehead atoms. The average molecular weight is 223 g/mol. The molecule has 0 spiro atoms. The van der Waals surface area contributed by atoms with Crippen LogP contribution in [0.3, 0.4) is 0 Å². The SMILES string of the molecule is Cc1cc(CN2CCCC(C)C2CN)on1. The smallest absolute Gasteiger partial charge is 0.150 e. The van der Waals surface area contributed by atoms with Crippen LogP contribution in [0, 0.1) is 12.8 Å². The highest BCUT2D eigenvalue weighted by Gasteiger charge is 2.27. The van der Waals surface area contributed by atoms with Crippen LogP contribution in [-0.4, -0.2) is 29.2 Å². The minimum absolute atomic E-state index is 0.485. The molecule has 1 fully saturated rings. The molecule has 2 N–H and O–H groups in total. The molecular weight excluding hydrogens is 202 g/mol. The molecule has 90 valence electrons. The maximum atomic E-state index is 5.86. The molecule has 1 aliphatic heterocycles. The molecule has 2 atom stereocenters. The Labute approximate surface area is 96.8 Å². The Balaban J connectivity index is 2.02. The maximum absolute atomic E-state index is 5.86. The molecule has 0 radical (unpaired) electrons. The van der Waals surface area contributed by atoms with Crippen molar-refractivity contribution in [2.45, 2.75) is 39.3 Å². The van der Waals surface area contributed by atoms with Gasteiger partial charge in [0.1, 0.15) is 0 Å². The van der Waals surface area contributed by atoms with Crippen LogP contribution >= 0.6 is 0 Å². The molecule has 1 aromatic heterocycles. The number of hydrogen-bond acceptors (Lipinski definition) is 4. The Hall–Kier alpha value is -0.870. The van der Waals surface area contributed by atoms with Gasteiger partial charge in [-0.25, -0.2) is 0 Å². The highest BCUT2D eigenvalue weighted by atomic mass is 16.5. The van der Waals surface area contributed by atoms with Gasteiger partial charge in [0, 0.05) is 18.7 Å². The summed E-state index contributed by atoms with van der Waals surface area (Å²) in [6.07, 6.45) is 2.54. The molecule has 0 saturated carbocycles. The number of piperidine rings is 1. The first kappa shape index (κ1) is 11.6. The molecule has 4 heteroatoms. The second-order valence-electron chi connectivity index (χ2n) is 4.83. The molecule has 4 nitrogen and oxygen atoms in total. The predicted octanol–water partition coefficient (Wildman–Crippen LogP) is 1.54. The van der Waals surface area contributed by atoms with Crippen LogP contribution in [-0.2, 0) is 6.54 Å². The zero-order valence-corrected chi connectivity index (χ0v) is 10.1. The van der Waals surface area contributed by atoms with E-state index in [0.717, 1.165) is 31.1 Å². The minimum atomic E-state index is 0.485. The minimum Gasteiger partial charge on any atom is -0.360 e. The summed E-state index contributed by atoms with van der Waals surface area (Å²) in [5.74, 6) is 1.63. The van der Waals surface area contributed by atoms with Crippen LogP contribution in [0.15, 0.2) is 10.6 Å². The van der Waals surface area contributed by atoms with Crippen LogP contribution in [0.5, 0.6) is 0 Å². The monoisotopic (exact) mass is 223 g/mol. The highest BCUT2D eigenvalue weighted by Crippen LogP contribution is 2.24. The summed E-state index contributed by atoms with van der Waals surface area (Å²) in [5, 5.41) is 3.92. The largest absolute Gasteiger partial charge is 0.360 e. The van der Waals surface area contributed by atoms with E-state index in [2.05, 4.69) is 17.0 Å². The van der Waals surface area contributed by atoms with Crippen molar-refractivity contribution < 1.29 is 4.52 Å². The number of nitrogens with two attached hydrogens (primary N) is 1. The molecule has 0 aliphatic carbocycles. The summed E-state index contributed by atoms with van der Waals surface area (Å²) in [7, 11) is 0. The molecule has 0 aromatic carbocycles. The van der Waals surface area contributed by atoms with Crippen molar-refractivity contribution in [1.82, 2.24) is 10.1 Å². The van der Waals surface area contributed by atoms with E-state index in [4.69, 9.17) is 10.3 Å². The van der Waals surface area contributed by atoms with Gasteiger partial charge in [0.05, 0.1) is 12.2 Å². The molecule has 16 heavy (non-hydrogen) atoms. The second-order valence-corrected chi connectivity index (χ2v) is 4.83. The third-order valence-corrected chi connectivity index (χ3v) is 3.51. The summed E-state index contributed by atoms with van der Waals surface area (Å²) in [6.45, 7) is 6.93. The lowest BCUT2D eigenvalue weighted by molar-refractivity contribution is 0.0892. The lowest BCUT2D eigenvalue weighted by Crippen LogP contribution is -2.47. The standard InChI is InChI=1S/C12H21N3O/c1-9-4-3-5-15(12(9)7-13)8-11-6-10(2)14-16-11/h6,9,12H,3-5,7-8,13H2,1-2H3. The van der Waals surface area contributed by atoms with Crippen molar-refractivity contribution >= 4 is 0 Å². The fourth-order valence-corrected chi connectivity index (χ4v) is 2.60. The molecule has 1 aromatic rings. The number of rotatable bonds is 3. The lowest BCUT2D eigenvalue weighted by Gasteiger charge is -2.38. The van der Waals surface area contributed by atoms with Gasteiger partial charge in [-0.15, -0.1) is 0 Å². The Kier molecular flexibility index (Phi) is 3.61. The highest BCUT2D eigenvalue weighted by molar-refractivity contribution is 5.03. The van der Waals surface area contributed by atoms with Crippen molar-refractivity contribution in [3.63, 3.8) is 0 Å². The molecular formula is C12H21N3O. The van der Waals surface area contributed by atoms with Crippen molar-refractivity contribution in [2.24, 2.45) is 11.7 Å². The molecule has 2 unspecified atom stereocenters. The van der Waals surface area contributed by atoms with Gasteiger partial charge in [-0.05, 0) is 32.2 Å². The molecule has 2 heterocycles. The Morgan fingerprint density at radius 3 is 3.06 bits per heavy atom. The van der Waals surface area contributed by atoms with E-state index in [1.807, 2.05) is 13.0 Å². The van der Waals surface area contributed by atoms with Gasteiger partial charge < -0.3 is 10.3 Å². The molecule has 1 saturated heterocycles. The number of hydrogen-bond donors (Lipinski definition) is 1. The van der Waals surface area contributed by atoms with Gasteiger partial charge in [-0.1, -0.05) is 12.1 Å². The van der Waals surface area contributed by atoms with Gasteiger partial charge in [0.25, 0.3) is 0 Å². The fourth-order valence-electron chi connectivity index (χ4n) is 2.60. The second kappa shape index (κ2) is 4.97. The van der Waals surface area contributed by atoms with E-state index in [1.54, 1.807) is 0 Å². The third-order valence-electron chi connectivity index (χ3n) is 3.51. The van der Waals surface area contributed by atoms with Crippen LogP contribution in [0.25, 0.3) is 0 Å². The van der Waals surface area contributed by atoms with E-state index in [1.165, 1.54) is 12.8 Å². The van der Waals surface area contributed by atoms with Crippen LogP contribution < -0.4 is 5.73 Å². The summed E-state index contributed by atoms with van der Waals surface area (Å²) in [5.41, 5.74) is 6.80. The lowest BCUT2D eigenvalue weighted by atomic mass is 9.91. The van der Waals surface area contributed by atoms with E-state index in [9.17, 15) is 0 Å². The van der Waals surface area contributed by atoms with Crippen molar-refractivity contribution in [3.8, 4) is 0 Å². The maximum Gasteiger partial charge on any atom is 0.150 e. The van der Waals surface area contributed by atoms with Crippen LogP contribution in [0.4, 0.5) is 0 Å². The number of nitrogens with zero attached hydrogens (tertiary/aromatic N) is 2. The first-order valence-corrected chi connectivity index (χ1v) is 6.07. The first-order chi connectivity index (χ1) is 7.70. The predicted molar refractivity (Wildman–Crippen MR) is 62.9 cm³/mol. The van der Waals surface area contributed by atoms with Gasteiger partial charge in [0.2, 0.25) is 0 Å². The van der Waals surface area contributed by atoms with Crippen molar-refractivity contribution in [2.75, 3.05) is 13.1 Å². The normalized spacial score (nSPS) is 27.2. The molecule has 2 rings (SSSR count). The number of aromatic nitrogens is 1. The van der Waals surface area contributed by atoms with Gasteiger partial charge >= 0.3 is 0 Å². The summed E-state index contributed by atoms with van der Waals surface area (Å²) in [6, 6.07) is 2.49. The third kappa shape index (κ3) is 2.44. The molecule has 0 amide bonds. The van der Waals surface area contributed by atoms with Gasteiger partial charge in [-0.2, -0.15) is 0 Å². The fraction of sp³-hybridized carbons (Fsp3) is 0.750. The van der Waals surface area contributed by atoms with Crippen LogP contribution in [0.1, 0.15) is 31.2 Å². The van der Waals surface area contributed by atoms with Crippen LogP contribution in [0.2, 0.25) is 0 Å². The van der Waals surface area contributed by atoms with E-state index in [0.29, 0.717) is 12.0 Å². The van der Waals surface area contributed by atoms with E-state index in [-0.39, 0.29) is 0 Å². The number of aryl methyl sites for hydroxylation is 1. The number of likely N-dealkylation sites (tertiary alicyclic amines) is 1. The van der Waals surface area contributed by atoms with E-state index >= 15 is 0 Å². The topological polar surface area (TPSA) is 55.3 Å². The zero-order valence-electron chi connectivity index (χ0n) is 10.1. The Morgan fingerprint density at radius 1 is 1.62 bits per heavy atom.